The number of para-hydroxylation sites is 2. The van der Waals surface area contributed by atoms with Crippen LogP contribution >= 0.6 is 0 Å². The van der Waals surface area contributed by atoms with Gasteiger partial charge in [-0.2, -0.15) is 0 Å². The predicted octanol–water partition coefficient (Wildman–Crippen LogP) is 10.1. The lowest BCUT2D eigenvalue weighted by molar-refractivity contribution is 0.546. The van der Waals surface area contributed by atoms with Crippen LogP contribution in [-0.4, -0.2) is 4.57 Å². The maximum Gasteiger partial charge on any atom is 0.137 e. The molecule has 0 aliphatic heterocycles. The highest BCUT2D eigenvalue weighted by Crippen LogP contribution is 2.46. The molecule has 198 valence electrons. The molecule has 0 fully saturated rings. The highest BCUT2D eigenvalue weighted by molar-refractivity contribution is 6.20. The van der Waals surface area contributed by atoms with Crippen molar-refractivity contribution in [3.05, 3.63) is 125 Å². The van der Waals surface area contributed by atoms with Crippen LogP contribution in [0.3, 0.4) is 0 Å². The normalized spacial score (nSPS) is 18.1. The van der Waals surface area contributed by atoms with Gasteiger partial charge < -0.3 is 13.4 Å². The van der Waals surface area contributed by atoms with Gasteiger partial charge in [-0.3, -0.25) is 0 Å². The van der Waals surface area contributed by atoms with Gasteiger partial charge >= 0.3 is 0 Å². The van der Waals surface area contributed by atoms with Gasteiger partial charge in [0, 0.05) is 39.1 Å². The summed E-state index contributed by atoms with van der Waals surface area (Å²) in [4.78, 5) is 0. The third-order valence-corrected chi connectivity index (χ3v) is 9.31. The molecule has 4 aromatic carbocycles. The van der Waals surface area contributed by atoms with E-state index in [9.17, 15) is 0 Å². The lowest BCUT2D eigenvalue weighted by atomic mass is 9.73. The molecule has 2 aliphatic rings. The van der Waals surface area contributed by atoms with Crippen LogP contribution in [0.15, 0.2) is 99.8 Å². The van der Waals surface area contributed by atoms with Crippen LogP contribution in [0, 0.1) is 6.92 Å². The molecular weight excluding hydrogens is 502 g/mol. The molecule has 7 aromatic rings. The van der Waals surface area contributed by atoms with Gasteiger partial charge in [-0.05, 0) is 67.3 Å². The first kappa shape index (κ1) is 23.0. The van der Waals surface area contributed by atoms with E-state index in [4.69, 9.17) is 8.83 Å². The fourth-order valence-corrected chi connectivity index (χ4v) is 7.35. The number of fused-ring (bicyclic) bond motifs is 10. The molecule has 1 unspecified atom stereocenters. The zero-order valence-corrected chi connectivity index (χ0v) is 23.2. The molecule has 0 saturated heterocycles. The minimum atomic E-state index is -0.218. The Morgan fingerprint density at radius 1 is 0.805 bits per heavy atom. The maximum absolute atomic E-state index is 6.46. The Bertz CT molecular complexity index is 2270. The number of furan rings is 2. The van der Waals surface area contributed by atoms with Gasteiger partial charge in [-0.25, -0.2) is 0 Å². The number of nitrogens with zero attached hydrogens (tertiary/aromatic N) is 1. The Labute approximate surface area is 238 Å². The fraction of sp³-hybridized carbons (Fsp3) is 0.158. The van der Waals surface area contributed by atoms with E-state index >= 15 is 0 Å². The quantitative estimate of drug-likeness (QED) is 0.222. The maximum atomic E-state index is 6.46. The fourth-order valence-electron chi connectivity index (χ4n) is 7.35. The Hall–Kier alpha value is -4.76. The van der Waals surface area contributed by atoms with Gasteiger partial charge in [0.1, 0.15) is 22.7 Å². The van der Waals surface area contributed by atoms with Gasteiger partial charge in [0.2, 0.25) is 0 Å². The van der Waals surface area contributed by atoms with Crippen molar-refractivity contribution in [2.24, 2.45) is 0 Å². The Balaban J connectivity index is 1.37. The Morgan fingerprint density at radius 2 is 1.66 bits per heavy atom. The van der Waals surface area contributed by atoms with E-state index in [0.29, 0.717) is 0 Å². The van der Waals surface area contributed by atoms with E-state index in [1.165, 1.54) is 60.5 Å². The van der Waals surface area contributed by atoms with Crippen molar-refractivity contribution < 1.29 is 8.83 Å². The first-order valence-corrected chi connectivity index (χ1v) is 14.5. The molecule has 0 spiro atoms. The molecule has 9 rings (SSSR count). The molecule has 3 heteroatoms. The molecule has 0 N–H and O–H groups in total. The lowest BCUT2D eigenvalue weighted by Crippen LogP contribution is -2.26. The number of hydrogen-bond donors (Lipinski definition) is 0. The zero-order valence-electron chi connectivity index (χ0n) is 23.2. The third kappa shape index (κ3) is 3.15. The van der Waals surface area contributed by atoms with E-state index in [1.807, 2.05) is 6.07 Å². The first-order chi connectivity index (χ1) is 20.1. The van der Waals surface area contributed by atoms with Crippen LogP contribution < -0.4 is 0 Å². The van der Waals surface area contributed by atoms with E-state index in [1.54, 1.807) is 0 Å². The Morgan fingerprint density at radius 3 is 2.59 bits per heavy atom. The molecule has 1 atom stereocenters. The number of allylic oxidation sites excluding steroid dienone is 2. The second-order valence-electron chi connectivity index (χ2n) is 12.0. The molecule has 0 bridgehead atoms. The molecule has 3 aromatic heterocycles. The van der Waals surface area contributed by atoms with Gasteiger partial charge in [0.15, 0.2) is 0 Å². The number of rotatable bonds is 2. The summed E-state index contributed by atoms with van der Waals surface area (Å²) >= 11 is 0. The summed E-state index contributed by atoms with van der Waals surface area (Å²) in [6.07, 6.45) is 11.9. The van der Waals surface area contributed by atoms with Crippen LogP contribution in [0.5, 0.6) is 0 Å². The van der Waals surface area contributed by atoms with E-state index < -0.39 is 0 Å². The van der Waals surface area contributed by atoms with Crippen molar-refractivity contribution in [2.75, 3.05) is 0 Å². The minimum absolute atomic E-state index is 0.218. The van der Waals surface area contributed by atoms with Crippen LogP contribution in [0.2, 0.25) is 0 Å². The van der Waals surface area contributed by atoms with Crippen molar-refractivity contribution in [3.8, 4) is 5.69 Å². The third-order valence-electron chi connectivity index (χ3n) is 9.31. The number of hydrogen-bond acceptors (Lipinski definition) is 2. The summed E-state index contributed by atoms with van der Waals surface area (Å²) in [6, 6.07) is 28.6. The first-order valence-electron chi connectivity index (χ1n) is 14.5. The summed E-state index contributed by atoms with van der Waals surface area (Å²) in [7, 11) is 0. The topological polar surface area (TPSA) is 31.2 Å². The van der Waals surface area contributed by atoms with Crippen molar-refractivity contribution in [3.63, 3.8) is 0 Å². The summed E-state index contributed by atoms with van der Waals surface area (Å²) in [5.74, 6) is 2.07. The van der Waals surface area contributed by atoms with Gasteiger partial charge in [0.05, 0.1) is 22.1 Å². The monoisotopic (exact) mass is 531 g/mol. The zero-order chi connectivity index (χ0) is 27.3. The number of aromatic nitrogens is 1. The van der Waals surface area contributed by atoms with Crippen LogP contribution in [0.1, 0.15) is 47.1 Å². The predicted molar refractivity (Wildman–Crippen MR) is 169 cm³/mol. The van der Waals surface area contributed by atoms with Crippen LogP contribution in [0.4, 0.5) is 0 Å². The van der Waals surface area contributed by atoms with Crippen molar-refractivity contribution in [1.29, 1.82) is 0 Å². The minimum Gasteiger partial charge on any atom is -0.460 e. The smallest absolute Gasteiger partial charge is 0.137 e. The average Bonchev–Trinajstić information content (AvgIpc) is 3.66. The molecule has 0 radical (unpaired) electrons. The lowest BCUT2D eigenvalue weighted by Gasteiger charge is -2.32. The van der Waals surface area contributed by atoms with Gasteiger partial charge in [-0.1, -0.05) is 73.7 Å². The number of aryl methyl sites for hydroxylation is 2. The molecule has 0 amide bonds. The molecular formula is C38H29NO2. The van der Waals surface area contributed by atoms with E-state index in [-0.39, 0.29) is 5.41 Å². The average molecular weight is 532 g/mol. The standard InChI is InChI=1S/C38H29NO2/c1-23-15-17-29(38(2)20-19-34-28(22-38)25-10-4-7-13-32(25)40-34)31(21-23)39-30-12-6-3-9-24(30)26-16-18-35-36(37(26)39)27-11-5-8-14-33(27)41-35/h3-7,9-13,15-21H,8,14,22H2,1-2H3. The second kappa shape index (κ2) is 8.14. The summed E-state index contributed by atoms with van der Waals surface area (Å²) in [5.41, 5.74) is 10.4. The molecule has 3 nitrogen and oxygen atoms in total. The molecule has 2 aliphatic carbocycles. The summed E-state index contributed by atoms with van der Waals surface area (Å²) < 4.78 is 15.2. The van der Waals surface area contributed by atoms with Crippen LogP contribution in [0.25, 0.3) is 61.6 Å². The Kier molecular flexibility index (Phi) is 4.57. The largest absolute Gasteiger partial charge is 0.460 e. The van der Waals surface area contributed by atoms with E-state index in [0.717, 1.165) is 41.9 Å². The highest BCUT2D eigenvalue weighted by atomic mass is 16.3. The molecule has 3 heterocycles. The SMILES string of the molecule is Cc1ccc(C2(C)C=Cc3oc4ccccc4c3C2)c(-n2c3ccccc3c3ccc4oc5c(c4c32)C=CCC5)c1. The van der Waals surface area contributed by atoms with Crippen LogP contribution in [-0.2, 0) is 18.3 Å². The van der Waals surface area contributed by atoms with Crippen molar-refractivity contribution in [1.82, 2.24) is 4.57 Å². The van der Waals surface area contributed by atoms with Gasteiger partial charge in [0.25, 0.3) is 0 Å². The van der Waals surface area contributed by atoms with Crippen molar-refractivity contribution in [2.45, 2.75) is 38.5 Å². The molecule has 41 heavy (non-hydrogen) atoms. The van der Waals surface area contributed by atoms with Gasteiger partial charge in [-0.15, -0.1) is 0 Å². The highest BCUT2D eigenvalue weighted by Gasteiger charge is 2.34. The summed E-state index contributed by atoms with van der Waals surface area (Å²) in [6.45, 7) is 4.56. The second-order valence-corrected chi connectivity index (χ2v) is 12.0. The molecule has 0 saturated carbocycles. The van der Waals surface area contributed by atoms with Crippen molar-refractivity contribution >= 4 is 55.9 Å². The summed E-state index contributed by atoms with van der Waals surface area (Å²) in [5, 5.41) is 4.95. The van der Waals surface area contributed by atoms with E-state index in [2.05, 4.69) is 116 Å². The number of benzene rings is 4.